The molecule has 7 heteroatoms. The van der Waals surface area contributed by atoms with Gasteiger partial charge in [0.25, 0.3) is 5.78 Å². The molecular weight excluding hydrogens is 372 g/mol. The Morgan fingerprint density at radius 1 is 1.17 bits per heavy atom. The van der Waals surface area contributed by atoms with Crippen molar-refractivity contribution < 1.29 is 8.78 Å². The van der Waals surface area contributed by atoms with Crippen LogP contribution in [0.15, 0.2) is 42.7 Å². The quantitative estimate of drug-likeness (QED) is 0.476. The molecule has 0 spiro atoms. The number of rotatable bonds is 5. The Balaban J connectivity index is 1.60. The lowest BCUT2D eigenvalue weighted by Crippen LogP contribution is -2.14. The highest BCUT2D eigenvalue weighted by Gasteiger charge is 2.36. The van der Waals surface area contributed by atoms with E-state index in [1.807, 2.05) is 12.1 Å². The molecule has 0 radical (unpaired) electrons. The molecule has 0 bridgehead atoms. The first-order chi connectivity index (χ1) is 14.0. The minimum absolute atomic E-state index is 0.107. The number of halogens is 2. The number of hydrogen-bond acceptors (Lipinski definition) is 4. The maximum atomic E-state index is 14.8. The van der Waals surface area contributed by atoms with E-state index in [9.17, 15) is 8.78 Å². The summed E-state index contributed by atoms with van der Waals surface area (Å²) in [5, 5.41) is 7.96. The van der Waals surface area contributed by atoms with Crippen LogP contribution in [0.2, 0.25) is 0 Å². The monoisotopic (exact) mass is 393 g/mol. The molecule has 1 aliphatic carbocycles. The largest absolute Gasteiger partial charge is 0.329 e. The smallest absolute Gasteiger partial charge is 0.257 e. The fraction of sp³-hybridized carbons (Fsp3) is 0.318. The zero-order chi connectivity index (χ0) is 20.2. The Kier molecular flexibility index (Phi) is 4.01. The molecule has 1 fully saturated rings. The third-order valence-corrected chi connectivity index (χ3v) is 6.03. The molecule has 1 aliphatic rings. The molecule has 29 heavy (non-hydrogen) atoms. The summed E-state index contributed by atoms with van der Waals surface area (Å²) in [6.45, 7) is 2.32. The van der Waals surface area contributed by atoms with Crippen LogP contribution in [0.5, 0.6) is 0 Å². The number of anilines is 2. The normalized spacial score (nSPS) is 15.2. The fourth-order valence-corrected chi connectivity index (χ4v) is 3.77. The standard InChI is InChI=1S/C22H21F2N5/c1-22(10-11-22)9-8-14-4-3-5-15(12-14)28(2)20-18-17(7-6-16(23)19(18)24)29-13-25-27-21(29)26-20/h3-7,12-13H,8-11H2,1-2H3. The van der Waals surface area contributed by atoms with Crippen LogP contribution < -0.4 is 4.90 Å². The van der Waals surface area contributed by atoms with Crippen molar-refractivity contribution in [2.24, 2.45) is 5.41 Å². The van der Waals surface area contributed by atoms with Crippen LogP contribution in [0.25, 0.3) is 16.7 Å². The van der Waals surface area contributed by atoms with Crippen LogP contribution in [0.3, 0.4) is 0 Å². The van der Waals surface area contributed by atoms with Gasteiger partial charge in [-0.1, -0.05) is 19.1 Å². The van der Waals surface area contributed by atoms with Gasteiger partial charge in [0.05, 0.1) is 10.9 Å². The van der Waals surface area contributed by atoms with Crippen molar-refractivity contribution in [2.45, 2.75) is 32.6 Å². The molecule has 0 N–H and O–H groups in total. The number of benzene rings is 2. The SMILES string of the molecule is CN(c1cccc(CCC2(C)CC2)c1)c1nc2nncn2c2ccc(F)c(F)c12. The first kappa shape index (κ1) is 18.0. The molecule has 1 saturated carbocycles. The lowest BCUT2D eigenvalue weighted by Gasteiger charge is -2.21. The van der Waals surface area contributed by atoms with Crippen molar-refractivity contribution >= 4 is 28.2 Å². The summed E-state index contributed by atoms with van der Waals surface area (Å²) in [4.78, 5) is 6.25. The third-order valence-electron chi connectivity index (χ3n) is 6.03. The summed E-state index contributed by atoms with van der Waals surface area (Å²) in [6, 6.07) is 10.8. The van der Waals surface area contributed by atoms with E-state index in [1.54, 1.807) is 16.3 Å². The second-order valence-corrected chi connectivity index (χ2v) is 8.23. The van der Waals surface area contributed by atoms with Crippen molar-refractivity contribution in [3.05, 3.63) is 59.9 Å². The molecule has 5 nitrogen and oxygen atoms in total. The predicted octanol–water partition coefficient (Wildman–Crippen LogP) is 5.06. The van der Waals surface area contributed by atoms with Gasteiger partial charge in [0.2, 0.25) is 0 Å². The zero-order valence-electron chi connectivity index (χ0n) is 16.4. The average molecular weight is 393 g/mol. The van der Waals surface area contributed by atoms with Crippen molar-refractivity contribution in [3.8, 4) is 0 Å². The molecule has 0 amide bonds. The number of fused-ring (bicyclic) bond motifs is 3. The maximum Gasteiger partial charge on any atom is 0.257 e. The summed E-state index contributed by atoms with van der Waals surface area (Å²) in [5.41, 5.74) is 3.05. The van der Waals surface area contributed by atoms with Gasteiger partial charge in [0, 0.05) is 12.7 Å². The van der Waals surface area contributed by atoms with Gasteiger partial charge in [-0.2, -0.15) is 4.98 Å². The summed E-state index contributed by atoms with van der Waals surface area (Å²) < 4.78 is 30.4. The summed E-state index contributed by atoms with van der Waals surface area (Å²) in [6.07, 6.45) is 6.20. The number of aromatic nitrogens is 4. The fourth-order valence-electron chi connectivity index (χ4n) is 3.77. The van der Waals surface area contributed by atoms with E-state index in [1.165, 1.54) is 30.8 Å². The summed E-state index contributed by atoms with van der Waals surface area (Å²) >= 11 is 0. The number of nitrogens with zero attached hydrogens (tertiary/aromatic N) is 5. The van der Waals surface area contributed by atoms with E-state index in [0.717, 1.165) is 24.6 Å². The predicted molar refractivity (Wildman–Crippen MR) is 108 cm³/mol. The van der Waals surface area contributed by atoms with Crippen LogP contribution in [0.4, 0.5) is 20.3 Å². The zero-order valence-corrected chi connectivity index (χ0v) is 16.4. The highest BCUT2D eigenvalue weighted by atomic mass is 19.2. The molecule has 0 aliphatic heterocycles. The van der Waals surface area contributed by atoms with Crippen molar-refractivity contribution in [1.82, 2.24) is 19.6 Å². The van der Waals surface area contributed by atoms with Gasteiger partial charge < -0.3 is 4.90 Å². The van der Waals surface area contributed by atoms with Gasteiger partial charge in [-0.05, 0) is 60.9 Å². The Bertz CT molecular complexity index is 1230. The van der Waals surface area contributed by atoms with Crippen molar-refractivity contribution in [1.29, 1.82) is 0 Å². The van der Waals surface area contributed by atoms with Gasteiger partial charge in [-0.3, -0.25) is 4.40 Å². The molecule has 148 valence electrons. The third kappa shape index (κ3) is 3.10. The van der Waals surface area contributed by atoms with E-state index < -0.39 is 11.6 Å². The minimum Gasteiger partial charge on any atom is -0.329 e. The van der Waals surface area contributed by atoms with Gasteiger partial charge >= 0.3 is 0 Å². The van der Waals surface area contributed by atoms with Gasteiger partial charge in [-0.15, -0.1) is 10.2 Å². The Morgan fingerprint density at radius 3 is 2.79 bits per heavy atom. The van der Waals surface area contributed by atoms with Crippen LogP contribution in [0, 0.1) is 17.0 Å². The highest BCUT2D eigenvalue weighted by molar-refractivity contribution is 5.94. The summed E-state index contributed by atoms with van der Waals surface area (Å²) in [7, 11) is 1.81. The minimum atomic E-state index is -0.926. The molecule has 4 aromatic rings. The number of aryl methyl sites for hydroxylation is 1. The molecule has 2 heterocycles. The highest BCUT2D eigenvalue weighted by Crippen LogP contribution is 2.48. The lowest BCUT2D eigenvalue weighted by atomic mass is 9.98. The van der Waals surface area contributed by atoms with Crippen molar-refractivity contribution in [3.63, 3.8) is 0 Å². The van der Waals surface area contributed by atoms with E-state index in [-0.39, 0.29) is 5.39 Å². The van der Waals surface area contributed by atoms with Gasteiger partial charge in [0.15, 0.2) is 11.6 Å². The second kappa shape index (κ2) is 6.47. The molecule has 0 unspecified atom stereocenters. The van der Waals surface area contributed by atoms with E-state index in [0.29, 0.717) is 22.5 Å². The van der Waals surface area contributed by atoms with E-state index in [2.05, 4.69) is 34.2 Å². The van der Waals surface area contributed by atoms with Crippen LogP contribution in [-0.2, 0) is 6.42 Å². The first-order valence-electron chi connectivity index (χ1n) is 9.75. The van der Waals surface area contributed by atoms with Crippen LogP contribution in [-0.4, -0.2) is 26.6 Å². The topological polar surface area (TPSA) is 46.3 Å². The molecule has 0 atom stereocenters. The van der Waals surface area contributed by atoms with E-state index in [4.69, 9.17) is 0 Å². The Labute approximate surface area is 167 Å². The second-order valence-electron chi connectivity index (χ2n) is 8.23. The summed E-state index contributed by atoms with van der Waals surface area (Å²) in [5.74, 6) is -1.19. The van der Waals surface area contributed by atoms with E-state index >= 15 is 0 Å². The van der Waals surface area contributed by atoms with Crippen LogP contribution >= 0.6 is 0 Å². The lowest BCUT2D eigenvalue weighted by molar-refractivity contribution is 0.516. The first-order valence-corrected chi connectivity index (χ1v) is 9.75. The maximum absolute atomic E-state index is 14.8. The van der Waals surface area contributed by atoms with Crippen LogP contribution in [0.1, 0.15) is 31.7 Å². The Morgan fingerprint density at radius 2 is 2.00 bits per heavy atom. The Hall–Kier alpha value is -3.09. The molecular formula is C22H21F2N5. The average Bonchev–Trinajstić information content (AvgIpc) is 3.27. The molecule has 2 aromatic carbocycles. The molecule has 2 aromatic heterocycles. The molecule has 0 saturated heterocycles. The number of hydrogen-bond donors (Lipinski definition) is 0. The van der Waals surface area contributed by atoms with Gasteiger partial charge in [0.1, 0.15) is 12.1 Å². The van der Waals surface area contributed by atoms with Crippen molar-refractivity contribution in [2.75, 3.05) is 11.9 Å². The molecule has 5 rings (SSSR count). The van der Waals surface area contributed by atoms with Gasteiger partial charge in [-0.25, -0.2) is 8.78 Å².